The van der Waals surface area contributed by atoms with Gasteiger partial charge in [0.05, 0.1) is 16.8 Å². The van der Waals surface area contributed by atoms with Gasteiger partial charge in [0, 0.05) is 31.4 Å². The number of amides is 1. The van der Waals surface area contributed by atoms with Gasteiger partial charge in [-0.15, -0.1) is 0 Å². The van der Waals surface area contributed by atoms with Crippen LogP contribution in [0.25, 0.3) is 5.69 Å². The maximum Gasteiger partial charge on any atom is 0.230 e. The van der Waals surface area contributed by atoms with Gasteiger partial charge in [0.25, 0.3) is 0 Å². The number of aromatic nitrogens is 2. The Bertz CT molecular complexity index is 768. The summed E-state index contributed by atoms with van der Waals surface area (Å²) in [7, 11) is 1.90. The molecule has 1 amide bonds. The predicted molar refractivity (Wildman–Crippen MR) is 99.7 cm³/mol. The maximum absolute atomic E-state index is 13.0. The lowest BCUT2D eigenvalue weighted by molar-refractivity contribution is -0.141. The van der Waals surface area contributed by atoms with E-state index in [-0.39, 0.29) is 11.3 Å². The van der Waals surface area contributed by atoms with Crippen LogP contribution in [0.1, 0.15) is 30.8 Å². The van der Waals surface area contributed by atoms with Crippen molar-refractivity contribution in [3.05, 3.63) is 47.3 Å². The maximum atomic E-state index is 13.0. The van der Waals surface area contributed by atoms with E-state index in [0.717, 1.165) is 35.7 Å². The molecule has 5 nitrogen and oxygen atoms in total. The van der Waals surface area contributed by atoms with E-state index in [9.17, 15) is 4.79 Å². The van der Waals surface area contributed by atoms with Crippen molar-refractivity contribution >= 4 is 5.91 Å². The van der Waals surface area contributed by atoms with E-state index < -0.39 is 0 Å². The number of nitrogens with zero attached hydrogens (tertiary/aromatic N) is 3. The largest absolute Gasteiger partial charge is 0.341 e. The number of carbonyl (C=O) groups is 1. The van der Waals surface area contributed by atoms with Crippen LogP contribution in [0.15, 0.2) is 30.3 Å². The number of carbonyl (C=O) groups excluding carboxylic acids is 1. The molecular weight excluding hydrogens is 312 g/mol. The lowest BCUT2D eigenvalue weighted by Crippen LogP contribution is -2.44. The van der Waals surface area contributed by atoms with Crippen LogP contribution in [0, 0.1) is 25.2 Å². The first kappa shape index (κ1) is 17.7. The van der Waals surface area contributed by atoms with Crippen molar-refractivity contribution < 1.29 is 4.79 Å². The number of rotatable bonds is 4. The van der Waals surface area contributed by atoms with E-state index in [1.165, 1.54) is 0 Å². The molecule has 1 fully saturated rings. The molecule has 5 heteroatoms. The number of hydrogen-bond donors (Lipinski definition) is 1. The van der Waals surface area contributed by atoms with Gasteiger partial charge in [-0.25, -0.2) is 4.68 Å². The molecule has 0 unspecified atom stereocenters. The summed E-state index contributed by atoms with van der Waals surface area (Å²) in [5, 5.41) is 8.04. The van der Waals surface area contributed by atoms with Gasteiger partial charge < -0.3 is 10.2 Å². The summed E-state index contributed by atoms with van der Waals surface area (Å²) in [5.41, 5.74) is 3.91. The molecule has 0 aliphatic carbocycles. The van der Waals surface area contributed by atoms with Gasteiger partial charge in [0.2, 0.25) is 5.91 Å². The zero-order valence-electron chi connectivity index (χ0n) is 15.8. The molecule has 1 aromatic carbocycles. The molecule has 25 heavy (non-hydrogen) atoms. The van der Waals surface area contributed by atoms with Crippen molar-refractivity contribution in [1.29, 1.82) is 0 Å². The average Bonchev–Trinajstić information content (AvgIpc) is 3.09. The molecule has 1 N–H and O–H groups in total. The first-order valence-electron chi connectivity index (χ1n) is 8.91. The SMILES string of the molecule is Cc1nn(-c2ccccc2)c(C)c1CN(C)C(=O)[C@]1(C)CNC[C@H]1C. The van der Waals surface area contributed by atoms with Crippen LogP contribution >= 0.6 is 0 Å². The van der Waals surface area contributed by atoms with Crippen LogP contribution in [0.4, 0.5) is 0 Å². The Labute approximate surface area is 150 Å². The molecule has 134 valence electrons. The van der Waals surface area contributed by atoms with E-state index in [0.29, 0.717) is 12.5 Å². The highest BCUT2D eigenvalue weighted by molar-refractivity contribution is 5.83. The van der Waals surface area contributed by atoms with Gasteiger partial charge in [-0.05, 0) is 45.4 Å². The molecule has 0 saturated carbocycles. The van der Waals surface area contributed by atoms with Gasteiger partial charge in [0.15, 0.2) is 0 Å². The third-order valence-corrected chi connectivity index (χ3v) is 5.70. The molecule has 3 rings (SSSR count). The van der Waals surface area contributed by atoms with Gasteiger partial charge in [-0.1, -0.05) is 25.1 Å². The van der Waals surface area contributed by atoms with Gasteiger partial charge >= 0.3 is 0 Å². The highest BCUT2D eigenvalue weighted by Crippen LogP contribution is 2.33. The number of nitrogens with one attached hydrogen (secondary N) is 1. The fraction of sp³-hybridized carbons (Fsp3) is 0.500. The molecule has 0 spiro atoms. The van der Waals surface area contributed by atoms with E-state index in [1.807, 2.05) is 53.9 Å². The summed E-state index contributed by atoms with van der Waals surface area (Å²) in [6.07, 6.45) is 0. The van der Waals surface area contributed by atoms with Crippen molar-refractivity contribution in [3.8, 4) is 5.69 Å². The Morgan fingerprint density at radius 1 is 1.36 bits per heavy atom. The van der Waals surface area contributed by atoms with Crippen LogP contribution in [-0.2, 0) is 11.3 Å². The van der Waals surface area contributed by atoms with Gasteiger partial charge in [0.1, 0.15) is 0 Å². The summed E-state index contributed by atoms with van der Waals surface area (Å²) < 4.78 is 1.96. The van der Waals surface area contributed by atoms with Crippen molar-refractivity contribution in [2.75, 3.05) is 20.1 Å². The topological polar surface area (TPSA) is 50.2 Å². The molecule has 0 radical (unpaired) electrons. The fourth-order valence-corrected chi connectivity index (χ4v) is 3.70. The Hall–Kier alpha value is -2.14. The summed E-state index contributed by atoms with van der Waals surface area (Å²) in [6, 6.07) is 10.1. The second kappa shape index (κ2) is 6.64. The van der Waals surface area contributed by atoms with Crippen LogP contribution in [-0.4, -0.2) is 40.7 Å². The van der Waals surface area contributed by atoms with Crippen molar-refractivity contribution in [3.63, 3.8) is 0 Å². The zero-order chi connectivity index (χ0) is 18.2. The Morgan fingerprint density at radius 2 is 2.04 bits per heavy atom. The lowest BCUT2D eigenvalue weighted by Gasteiger charge is -2.32. The van der Waals surface area contributed by atoms with Crippen molar-refractivity contribution in [2.24, 2.45) is 11.3 Å². The average molecular weight is 340 g/mol. The van der Waals surface area contributed by atoms with E-state index >= 15 is 0 Å². The molecule has 0 bridgehead atoms. The molecule has 2 atom stereocenters. The third-order valence-electron chi connectivity index (χ3n) is 5.70. The monoisotopic (exact) mass is 340 g/mol. The smallest absolute Gasteiger partial charge is 0.230 e. The Morgan fingerprint density at radius 3 is 2.64 bits per heavy atom. The minimum Gasteiger partial charge on any atom is -0.341 e. The molecule has 1 aliphatic heterocycles. The minimum atomic E-state index is -0.327. The predicted octanol–water partition coefficient (Wildman–Crippen LogP) is 2.69. The fourth-order valence-electron chi connectivity index (χ4n) is 3.70. The Balaban J connectivity index is 1.84. The van der Waals surface area contributed by atoms with Crippen LogP contribution in [0.3, 0.4) is 0 Å². The molecule has 1 saturated heterocycles. The van der Waals surface area contributed by atoms with Crippen LogP contribution in [0.2, 0.25) is 0 Å². The second-order valence-electron chi connectivity index (χ2n) is 7.51. The first-order chi connectivity index (χ1) is 11.8. The highest BCUT2D eigenvalue weighted by Gasteiger charge is 2.44. The third kappa shape index (κ3) is 3.09. The van der Waals surface area contributed by atoms with Crippen LogP contribution < -0.4 is 5.32 Å². The first-order valence-corrected chi connectivity index (χ1v) is 8.91. The minimum absolute atomic E-state index is 0.205. The normalized spacial score (nSPS) is 23.0. The molecule has 1 aromatic heterocycles. The molecule has 2 heterocycles. The van der Waals surface area contributed by atoms with E-state index in [4.69, 9.17) is 0 Å². The standard InChI is InChI=1S/C20H28N4O/c1-14-11-21-13-20(14,4)19(25)23(5)12-18-15(2)22-24(16(18)3)17-9-7-6-8-10-17/h6-10,14,21H,11-13H2,1-5H3/t14-,20-/m1/s1. The number of aryl methyl sites for hydroxylation is 1. The number of para-hydroxylation sites is 1. The number of hydrogen-bond acceptors (Lipinski definition) is 3. The van der Waals surface area contributed by atoms with Crippen molar-refractivity contribution in [2.45, 2.75) is 34.2 Å². The van der Waals surface area contributed by atoms with E-state index in [1.54, 1.807) is 0 Å². The second-order valence-corrected chi connectivity index (χ2v) is 7.51. The summed E-state index contributed by atoms with van der Waals surface area (Å²) >= 11 is 0. The highest BCUT2D eigenvalue weighted by atomic mass is 16.2. The number of benzene rings is 1. The Kier molecular flexibility index (Phi) is 4.69. The lowest BCUT2D eigenvalue weighted by atomic mass is 9.80. The summed E-state index contributed by atoms with van der Waals surface area (Å²) in [5.74, 6) is 0.549. The van der Waals surface area contributed by atoms with Crippen LogP contribution in [0.5, 0.6) is 0 Å². The quantitative estimate of drug-likeness (QED) is 0.931. The molecular formula is C20H28N4O. The zero-order valence-corrected chi connectivity index (χ0v) is 15.8. The van der Waals surface area contributed by atoms with Crippen molar-refractivity contribution in [1.82, 2.24) is 20.0 Å². The molecule has 1 aliphatic rings. The summed E-state index contributed by atoms with van der Waals surface area (Å²) in [6.45, 7) is 10.5. The summed E-state index contributed by atoms with van der Waals surface area (Å²) in [4.78, 5) is 14.9. The van der Waals surface area contributed by atoms with E-state index in [2.05, 4.69) is 31.2 Å². The van der Waals surface area contributed by atoms with Gasteiger partial charge in [-0.3, -0.25) is 4.79 Å². The van der Waals surface area contributed by atoms with Gasteiger partial charge in [-0.2, -0.15) is 5.10 Å². The molecule has 2 aromatic rings.